The van der Waals surface area contributed by atoms with Crippen molar-refractivity contribution in [3.05, 3.63) is 65.2 Å². The molecular formula is C18H22N2O. The van der Waals surface area contributed by atoms with Crippen LogP contribution in [-0.2, 0) is 11.2 Å². The van der Waals surface area contributed by atoms with Gasteiger partial charge < -0.3 is 10.6 Å². The van der Waals surface area contributed by atoms with Crippen molar-refractivity contribution in [2.45, 2.75) is 20.3 Å². The maximum Gasteiger partial charge on any atom is 0.238 e. The second-order valence-corrected chi connectivity index (χ2v) is 5.27. The minimum atomic E-state index is -0.0105. The van der Waals surface area contributed by atoms with Crippen molar-refractivity contribution >= 4 is 11.6 Å². The van der Waals surface area contributed by atoms with Crippen molar-refractivity contribution in [3.63, 3.8) is 0 Å². The SMILES string of the molecule is Cc1ccc(NC(=O)CNCCc2ccccc2C)cc1. The molecule has 3 heteroatoms. The molecule has 1 amide bonds. The van der Waals surface area contributed by atoms with Crippen molar-refractivity contribution in [2.24, 2.45) is 0 Å². The van der Waals surface area contributed by atoms with Crippen LogP contribution in [0.5, 0.6) is 0 Å². The van der Waals surface area contributed by atoms with E-state index >= 15 is 0 Å². The summed E-state index contributed by atoms with van der Waals surface area (Å²) in [7, 11) is 0. The van der Waals surface area contributed by atoms with Crippen LogP contribution >= 0.6 is 0 Å². The Morgan fingerprint density at radius 3 is 2.43 bits per heavy atom. The molecule has 2 rings (SSSR count). The minimum absolute atomic E-state index is 0.0105. The average molecular weight is 282 g/mol. The molecular weight excluding hydrogens is 260 g/mol. The Balaban J connectivity index is 1.70. The molecule has 0 aliphatic heterocycles. The van der Waals surface area contributed by atoms with Crippen molar-refractivity contribution < 1.29 is 4.79 Å². The van der Waals surface area contributed by atoms with Gasteiger partial charge in [-0.2, -0.15) is 0 Å². The van der Waals surface area contributed by atoms with Crippen LogP contribution in [0.25, 0.3) is 0 Å². The average Bonchev–Trinajstić information content (AvgIpc) is 2.48. The second-order valence-electron chi connectivity index (χ2n) is 5.27. The summed E-state index contributed by atoms with van der Waals surface area (Å²) in [5, 5.41) is 6.06. The molecule has 110 valence electrons. The van der Waals surface area contributed by atoms with E-state index in [1.807, 2.05) is 43.3 Å². The number of amides is 1. The monoisotopic (exact) mass is 282 g/mol. The van der Waals surface area contributed by atoms with E-state index in [1.165, 1.54) is 16.7 Å². The van der Waals surface area contributed by atoms with Gasteiger partial charge in [-0.15, -0.1) is 0 Å². The molecule has 0 aromatic heterocycles. The molecule has 0 atom stereocenters. The van der Waals surface area contributed by atoms with Crippen LogP contribution in [-0.4, -0.2) is 19.0 Å². The summed E-state index contributed by atoms with van der Waals surface area (Å²) >= 11 is 0. The first kappa shape index (κ1) is 15.3. The first-order chi connectivity index (χ1) is 10.1. The van der Waals surface area contributed by atoms with E-state index in [0.29, 0.717) is 6.54 Å². The van der Waals surface area contributed by atoms with E-state index < -0.39 is 0 Å². The number of nitrogens with one attached hydrogen (secondary N) is 2. The zero-order valence-electron chi connectivity index (χ0n) is 12.6. The fourth-order valence-electron chi connectivity index (χ4n) is 2.16. The zero-order valence-corrected chi connectivity index (χ0v) is 12.6. The molecule has 0 saturated carbocycles. The lowest BCUT2D eigenvalue weighted by molar-refractivity contribution is -0.115. The Hall–Kier alpha value is -2.13. The third kappa shape index (κ3) is 5.04. The number of carbonyl (C=O) groups excluding carboxylic acids is 1. The molecule has 0 saturated heterocycles. The Kier molecular flexibility index (Phi) is 5.52. The van der Waals surface area contributed by atoms with Crippen LogP contribution < -0.4 is 10.6 Å². The maximum atomic E-state index is 11.8. The van der Waals surface area contributed by atoms with Gasteiger partial charge in [-0.05, 0) is 50.1 Å². The highest BCUT2D eigenvalue weighted by atomic mass is 16.1. The number of carbonyl (C=O) groups is 1. The number of rotatable bonds is 6. The highest BCUT2D eigenvalue weighted by Crippen LogP contribution is 2.08. The van der Waals surface area contributed by atoms with Crippen LogP contribution in [0.15, 0.2) is 48.5 Å². The first-order valence-corrected chi connectivity index (χ1v) is 7.27. The largest absolute Gasteiger partial charge is 0.325 e. The Morgan fingerprint density at radius 1 is 1.00 bits per heavy atom. The molecule has 21 heavy (non-hydrogen) atoms. The van der Waals surface area contributed by atoms with Gasteiger partial charge in [-0.3, -0.25) is 4.79 Å². The molecule has 0 aliphatic rings. The zero-order chi connectivity index (χ0) is 15.1. The highest BCUT2D eigenvalue weighted by molar-refractivity contribution is 5.92. The smallest absolute Gasteiger partial charge is 0.238 e. The molecule has 2 aromatic carbocycles. The van der Waals surface area contributed by atoms with E-state index in [0.717, 1.165) is 18.7 Å². The summed E-state index contributed by atoms with van der Waals surface area (Å²) in [6.07, 6.45) is 0.935. The number of aryl methyl sites for hydroxylation is 2. The van der Waals surface area contributed by atoms with Crippen LogP contribution in [0.2, 0.25) is 0 Å². The maximum absolute atomic E-state index is 11.8. The van der Waals surface area contributed by atoms with Gasteiger partial charge in [0.1, 0.15) is 0 Å². The summed E-state index contributed by atoms with van der Waals surface area (Å²) in [4.78, 5) is 11.8. The number of hydrogen-bond donors (Lipinski definition) is 2. The molecule has 0 fully saturated rings. The van der Waals surface area contributed by atoms with Crippen LogP contribution in [0.4, 0.5) is 5.69 Å². The molecule has 3 nitrogen and oxygen atoms in total. The normalized spacial score (nSPS) is 10.4. The standard InChI is InChI=1S/C18H22N2O/c1-14-7-9-17(10-8-14)20-18(21)13-19-12-11-16-6-4-3-5-15(16)2/h3-10,19H,11-13H2,1-2H3,(H,20,21). The van der Waals surface area contributed by atoms with Crippen LogP contribution in [0.3, 0.4) is 0 Å². The molecule has 0 spiro atoms. The van der Waals surface area contributed by atoms with Gasteiger partial charge in [0.05, 0.1) is 6.54 Å². The van der Waals surface area contributed by atoms with Gasteiger partial charge >= 0.3 is 0 Å². The van der Waals surface area contributed by atoms with Gasteiger partial charge in [-0.1, -0.05) is 42.0 Å². The summed E-state index contributed by atoms with van der Waals surface area (Å²) in [6, 6.07) is 16.1. The van der Waals surface area contributed by atoms with E-state index in [-0.39, 0.29) is 5.91 Å². The van der Waals surface area contributed by atoms with E-state index in [9.17, 15) is 4.79 Å². The Morgan fingerprint density at radius 2 is 1.71 bits per heavy atom. The lowest BCUT2D eigenvalue weighted by atomic mass is 10.1. The Labute approximate surface area is 126 Å². The van der Waals surface area contributed by atoms with E-state index in [2.05, 4.69) is 29.7 Å². The van der Waals surface area contributed by atoms with Crippen LogP contribution in [0, 0.1) is 13.8 Å². The molecule has 0 unspecified atom stereocenters. The van der Waals surface area contributed by atoms with Gasteiger partial charge in [0.2, 0.25) is 5.91 Å². The van der Waals surface area contributed by atoms with Crippen LogP contribution in [0.1, 0.15) is 16.7 Å². The van der Waals surface area contributed by atoms with Gasteiger partial charge in [0, 0.05) is 5.69 Å². The van der Waals surface area contributed by atoms with Crippen molar-refractivity contribution in [1.29, 1.82) is 0 Å². The predicted octanol–water partition coefficient (Wildman–Crippen LogP) is 3.07. The van der Waals surface area contributed by atoms with Gasteiger partial charge in [0.25, 0.3) is 0 Å². The summed E-state index contributed by atoms with van der Waals surface area (Å²) in [6.45, 7) is 5.27. The third-order valence-corrected chi connectivity index (χ3v) is 3.45. The predicted molar refractivity (Wildman–Crippen MR) is 87.6 cm³/mol. The molecule has 2 aromatic rings. The molecule has 0 aliphatic carbocycles. The fourth-order valence-corrected chi connectivity index (χ4v) is 2.16. The van der Waals surface area contributed by atoms with E-state index in [1.54, 1.807) is 0 Å². The summed E-state index contributed by atoms with van der Waals surface area (Å²) < 4.78 is 0. The molecule has 0 radical (unpaired) electrons. The Bertz CT molecular complexity index is 590. The number of benzene rings is 2. The topological polar surface area (TPSA) is 41.1 Å². The number of hydrogen-bond acceptors (Lipinski definition) is 2. The fraction of sp³-hybridized carbons (Fsp3) is 0.278. The second kappa shape index (κ2) is 7.60. The molecule has 0 heterocycles. The quantitative estimate of drug-likeness (QED) is 0.799. The van der Waals surface area contributed by atoms with Crippen molar-refractivity contribution in [2.75, 3.05) is 18.4 Å². The summed E-state index contributed by atoms with van der Waals surface area (Å²) in [5.41, 5.74) is 4.64. The minimum Gasteiger partial charge on any atom is -0.325 e. The lowest BCUT2D eigenvalue weighted by Gasteiger charge is -2.08. The van der Waals surface area contributed by atoms with Crippen molar-refractivity contribution in [1.82, 2.24) is 5.32 Å². The lowest BCUT2D eigenvalue weighted by Crippen LogP contribution is -2.29. The van der Waals surface area contributed by atoms with Gasteiger partial charge in [-0.25, -0.2) is 0 Å². The number of anilines is 1. The third-order valence-electron chi connectivity index (χ3n) is 3.45. The van der Waals surface area contributed by atoms with Gasteiger partial charge in [0.15, 0.2) is 0 Å². The summed E-state index contributed by atoms with van der Waals surface area (Å²) in [5.74, 6) is -0.0105. The molecule has 0 bridgehead atoms. The van der Waals surface area contributed by atoms with Crippen molar-refractivity contribution in [3.8, 4) is 0 Å². The van der Waals surface area contributed by atoms with E-state index in [4.69, 9.17) is 0 Å². The highest BCUT2D eigenvalue weighted by Gasteiger charge is 2.02. The first-order valence-electron chi connectivity index (χ1n) is 7.27. The molecule has 2 N–H and O–H groups in total.